The van der Waals surface area contributed by atoms with Gasteiger partial charge in [0.25, 0.3) is 5.91 Å². The third kappa shape index (κ3) is 3.91. The fourth-order valence-electron chi connectivity index (χ4n) is 2.83. The predicted octanol–water partition coefficient (Wildman–Crippen LogP) is 3.55. The second-order valence-electron chi connectivity index (χ2n) is 6.02. The first-order valence-corrected chi connectivity index (χ1v) is 8.36. The van der Waals surface area contributed by atoms with Crippen LogP contribution in [-0.4, -0.2) is 48.4 Å². The van der Waals surface area contributed by atoms with Gasteiger partial charge in [0.1, 0.15) is 0 Å². The maximum absolute atomic E-state index is 12.6. The summed E-state index contributed by atoms with van der Waals surface area (Å²) < 4.78 is 0. The van der Waals surface area contributed by atoms with Gasteiger partial charge in [0.2, 0.25) is 0 Å². The quantitative estimate of drug-likeness (QED) is 0.848. The zero-order chi connectivity index (χ0) is 14.8. The lowest BCUT2D eigenvalue weighted by Gasteiger charge is -2.22. The summed E-state index contributed by atoms with van der Waals surface area (Å²) in [5.41, 5.74) is 0.625. The highest BCUT2D eigenvalue weighted by Crippen LogP contribution is 2.30. The van der Waals surface area contributed by atoms with E-state index in [2.05, 4.69) is 4.90 Å². The molecule has 0 aromatic heterocycles. The Balaban J connectivity index is 1.62. The number of nitrogens with zero attached hydrogens (tertiary/aromatic N) is 2. The van der Waals surface area contributed by atoms with Crippen LogP contribution < -0.4 is 0 Å². The Hall–Kier alpha value is -0.770. The van der Waals surface area contributed by atoms with Crippen molar-refractivity contribution in [3.05, 3.63) is 33.8 Å². The van der Waals surface area contributed by atoms with Crippen molar-refractivity contribution in [1.29, 1.82) is 0 Å². The summed E-state index contributed by atoms with van der Waals surface area (Å²) in [6, 6.07) is 5.11. The van der Waals surface area contributed by atoms with Gasteiger partial charge < -0.3 is 9.80 Å². The van der Waals surface area contributed by atoms with E-state index in [9.17, 15) is 4.79 Å². The Morgan fingerprint density at radius 1 is 1.10 bits per heavy atom. The Labute approximate surface area is 135 Å². The molecule has 1 heterocycles. The van der Waals surface area contributed by atoms with Gasteiger partial charge >= 0.3 is 0 Å². The fourth-order valence-corrected chi connectivity index (χ4v) is 3.13. The molecule has 1 aliphatic carbocycles. The Morgan fingerprint density at radius 2 is 1.90 bits per heavy atom. The molecule has 1 aromatic rings. The molecule has 1 aliphatic heterocycles. The van der Waals surface area contributed by atoms with E-state index in [1.54, 1.807) is 18.2 Å². The first-order chi connectivity index (χ1) is 10.1. The third-order valence-electron chi connectivity index (χ3n) is 4.26. The van der Waals surface area contributed by atoms with Crippen molar-refractivity contribution in [3.63, 3.8) is 0 Å². The second kappa shape index (κ2) is 6.55. The van der Waals surface area contributed by atoms with Crippen LogP contribution in [0.15, 0.2) is 18.2 Å². The van der Waals surface area contributed by atoms with Crippen molar-refractivity contribution >= 4 is 29.1 Å². The smallest absolute Gasteiger partial charge is 0.253 e. The van der Waals surface area contributed by atoms with Gasteiger partial charge in [-0.25, -0.2) is 0 Å². The van der Waals surface area contributed by atoms with E-state index < -0.39 is 0 Å². The zero-order valence-corrected chi connectivity index (χ0v) is 13.5. The van der Waals surface area contributed by atoms with Crippen molar-refractivity contribution < 1.29 is 4.79 Å². The van der Waals surface area contributed by atoms with E-state index in [4.69, 9.17) is 23.2 Å². The van der Waals surface area contributed by atoms with E-state index in [1.807, 2.05) is 4.90 Å². The van der Waals surface area contributed by atoms with Crippen molar-refractivity contribution in [1.82, 2.24) is 9.80 Å². The van der Waals surface area contributed by atoms with E-state index >= 15 is 0 Å². The van der Waals surface area contributed by atoms with Crippen LogP contribution in [0.25, 0.3) is 0 Å². The average Bonchev–Trinajstić information content (AvgIpc) is 3.29. The van der Waals surface area contributed by atoms with Crippen molar-refractivity contribution in [2.45, 2.75) is 19.3 Å². The molecule has 2 fully saturated rings. The topological polar surface area (TPSA) is 23.6 Å². The zero-order valence-electron chi connectivity index (χ0n) is 12.0. The van der Waals surface area contributed by atoms with Crippen LogP contribution in [0.1, 0.15) is 29.6 Å². The molecule has 1 aromatic carbocycles. The van der Waals surface area contributed by atoms with E-state index in [0.29, 0.717) is 15.6 Å². The van der Waals surface area contributed by atoms with Gasteiger partial charge in [-0.15, -0.1) is 0 Å². The number of halogens is 2. The summed E-state index contributed by atoms with van der Waals surface area (Å²) in [7, 11) is 0. The largest absolute Gasteiger partial charge is 0.337 e. The number of benzene rings is 1. The number of carbonyl (C=O) groups excluding carboxylic acids is 1. The van der Waals surface area contributed by atoms with Gasteiger partial charge in [-0.1, -0.05) is 23.2 Å². The van der Waals surface area contributed by atoms with Crippen LogP contribution in [0.3, 0.4) is 0 Å². The lowest BCUT2D eigenvalue weighted by molar-refractivity contribution is 0.0761. The number of amides is 1. The molecule has 1 saturated heterocycles. The molecule has 0 N–H and O–H groups in total. The SMILES string of the molecule is O=C(c1ccc(Cl)c(Cl)c1)N1CCCN(CC2CC2)CC1. The van der Waals surface area contributed by atoms with E-state index in [-0.39, 0.29) is 5.91 Å². The summed E-state index contributed by atoms with van der Waals surface area (Å²) in [5, 5.41) is 0.924. The molecular formula is C16H20Cl2N2O. The maximum Gasteiger partial charge on any atom is 0.253 e. The minimum Gasteiger partial charge on any atom is -0.337 e. The van der Waals surface area contributed by atoms with Crippen LogP contribution in [0.2, 0.25) is 10.0 Å². The summed E-state index contributed by atoms with van der Waals surface area (Å²) >= 11 is 11.9. The summed E-state index contributed by atoms with van der Waals surface area (Å²) in [5.74, 6) is 0.962. The van der Waals surface area contributed by atoms with Gasteiger partial charge in [-0.05, 0) is 49.9 Å². The number of rotatable bonds is 3. The highest BCUT2D eigenvalue weighted by Gasteiger charge is 2.26. The van der Waals surface area contributed by atoms with E-state index in [1.165, 1.54) is 19.4 Å². The van der Waals surface area contributed by atoms with Gasteiger partial charge in [0, 0.05) is 31.7 Å². The molecule has 114 valence electrons. The lowest BCUT2D eigenvalue weighted by Crippen LogP contribution is -2.35. The molecule has 0 atom stereocenters. The fraction of sp³-hybridized carbons (Fsp3) is 0.562. The third-order valence-corrected chi connectivity index (χ3v) is 4.99. The molecule has 3 rings (SSSR count). The summed E-state index contributed by atoms with van der Waals surface area (Å²) in [6.07, 6.45) is 3.80. The predicted molar refractivity (Wildman–Crippen MR) is 86.1 cm³/mol. The van der Waals surface area contributed by atoms with Crippen LogP contribution in [0, 0.1) is 5.92 Å². The number of hydrogen-bond acceptors (Lipinski definition) is 2. The second-order valence-corrected chi connectivity index (χ2v) is 6.83. The summed E-state index contributed by atoms with van der Waals surface area (Å²) in [4.78, 5) is 17.0. The normalized spacial score (nSPS) is 20.4. The monoisotopic (exact) mass is 326 g/mol. The van der Waals surface area contributed by atoms with Gasteiger partial charge in [-0.2, -0.15) is 0 Å². The molecule has 0 radical (unpaired) electrons. The van der Waals surface area contributed by atoms with Gasteiger partial charge in [0.15, 0.2) is 0 Å². The molecular weight excluding hydrogens is 307 g/mol. The van der Waals surface area contributed by atoms with Crippen molar-refractivity contribution in [3.8, 4) is 0 Å². The average molecular weight is 327 g/mol. The van der Waals surface area contributed by atoms with Gasteiger partial charge in [-0.3, -0.25) is 4.79 Å². The Morgan fingerprint density at radius 3 is 2.62 bits per heavy atom. The van der Waals surface area contributed by atoms with Crippen LogP contribution in [0.4, 0.5) is 0 Å². The lowest BCUT2D eigenvalue weighted by atomic mass is 10.2. The van der Waals surface area contributed by atoms with E-state index in [0.717, 1.165) is 38.5 Å². The first kappa shape index (κ1) is 15.1. The molecule has 1 amide bonds. The van der Waals surface area contributed by atoms with Gasteiger partial charge in [0.05, 0.1) is 10.0 Å². The standard InChI is InChI=1S/C16H20Cl2N2O/c17-14-5-4-13(10-15(14)18)16(21)20-7-1-6-19(8-9-20)11-12-2-3-12/h4-5,10,12H,1-3,6-9,11H2. The highest BCUT2D eigenvalue weighted by atomic mass is 35.5. The minimum absolute atomic E-state index is 0.0573. The van der Waals surface area contributed by atoms with Crippen LogP contribution >= 0.6 is 23.2 Å². The first-order valence-electron chi connectivity index (χ1n) is 7.60. The number of carbonyl (C=O) groups is 1. The molecule has 0 spiro atoms. The maximum atomic E-state index is 12.6. The Kier molecular flexibility index (Phi) is 4.72. The number of hydrogen-bond donors (Lipinski definition) is 0. The minimum atomic E-state index is 0.0573. The highest BCUT2D eigenvalue weighted by molar-refractivity contribution is 6.42. The molecule has 0 bridgehead atoms. The summed E-state index contributed by atoms with van der Waals surface area (Å²) in [6.45, 7) is 4.89. The Bertz CT molecular complexity index is 531. The van der Waals surface area contributed by atoms with Crippen LogP contribution in [0.5, 0.6) is 0 Å². The van der Waals surface area contributed by atoms with Crippen LogP contribution in [-0.2, 0) is 0 Å². The molecule has 3 nitrogen and oxygen atoms in total. The molecule has 0 unspecified atom stereocenters. The molecule has 5 heteroatoms. The molecule has 2 aliphatic rings. The van der Waals surface area contributed by atoms with Crippen molar-refractivity contribution in [2.75, 3.05) is 32.7 Å². The molecule has 21 heavy (non-hydrogen) atoms. The molecule has 1 saturated carbocycles. The van der Waals surface area contributed by atoms with Crippen molar-refractivity contribution in [2.24, 2.45) is 5.92 Å².